The molecule has 2 saturated heterocycles. The Hall–Kier alpha value is -5.09. The Morgan fingerprint density at radius 3 is 2.51 bits per heavy atom. The number of piperidine rings is 1. The van der Waals surface area contributed by atoms with Crippen molar-refractivity contribution >= 4 is 58.1 Å². The zero-order chi connectivity index (χ0) is 44.4. The maximum Gasteiger partial charge on any atom is 0.246 e. The molecule has 2 fully saturated rings. The lowest BCUT2D eigenvalue weighted by atomic mass is 9.85. The van der Waals surface area contributed by atoms with E-state index in [0.29, 0.717) is 49.5 Å². The summed E-state index contributed by atoms with van der Waals surface area (Å²) in [7, 11) is 0. The van der Waals surface area contributed by atoms with Crippen molar-refractivity contribution < 1.29 is 23.5 Å². The third-order valence-corrected chi connectivity index (χ3v) is 13.8. The van der Waals surface area contributed by atoms with Gasteiger partial charge in [0.1, 0.15) is 17.9 Å². The summed E-state index contributed by atoms with van der Waals surface area (Å²) in [5.41, 5.74) is 6.37. The number of anilines is 1. The third kappa shape index (κ3) is 10.0. The highest BCUT2D eigenvalue weighted by atomic mass is 35.5. The fourth-order valence-electron chi connectivity index (χ4n) is 8.56. The van der Waals surface area contributed by atoms with Crippen LogP contribution in [0.15, 0.2) is 66.6 Å². The van der Waals surface area contributed by atoms with Crippen LogP contribution >= 0.6 is 34.5 Å². The molecule has 8 rings (SSSR count). The predicted octanol–water partition coefficient (Wildman–Crippen LogP) is 8.58. The first-order valence-electron chi connectivity index (χ1n) is 21.4. The number of carbonyl (C=O) groups excluding carboxylic acids is 3. The van der Waals surface area contributed by atoms with Crippen LogP contribution in [0.1, 0.15) is 88.4 Å². The van der Waals surface area contributed by atoms with Gasteiger partial charge in [-0.05, 0) is 80.3 Å². The van der Waals surface area contributed by atoms with E-state index in [4.69, 9.17) is 27.9 Å². The van der Waals surface area contributed by atoms with Crippen LogP contribution in [0, 0.1) is 18.2 Å². The van der Waals surface area contributed by atoms with E-state index < -0.39 is 29.5 Å². The van der Waals surface area contributed by atoms with Gasteiger partial charge in [0.15, 0.2) is 11.6 Å². The van der Waals surface area contributed by atoms with Crippen molar-refractivity contribution in [1.82, 2.24) is 40.2 Å². The Balaban J connectivity index is 0.781. The molecule has 3 amide bonds. The van der Waals surface area contributed by atoms with Crippen LogP contribution in [0.25, 0.3) is 21.6 Å². The maximum absolute atomic E-state index is 14.2. The molecule has 2 unspecified atom stereocenters. The summed E-state index contributed by atoms with van der Waals surface area (Å²) < 4.78 is 22.3. The number of carbonyl (C=O) groups is 3. The summed E-state index contributed by atoms with van der Waals surface area (Å²) in [6.45, 7) is 11.2. The monoisotopic (exact) mass is 915 g/mol. The standard InChI is InChI=1S/C46H52Cl2FN9O4S/c1-27-40(63-26-52-27)29-11-9-28(10-12-29)22-51-43(60)35-7-5-18-57(35)45(61)41(46(2,3)4)54-37(59)8-6-17-56-19-15-32(16-20-56)58-25-31(24-53-58)30-21-36-42(50-23-30)55-44(62-36)38-33(47)13-14-34(49)39(38)48/h9-14,21,23-26,32,35,41,44H,5-8,15-20,22H2,1-4H3,(H,50,55)(H,51,60)(H,54,59)/t35?,41?,44-/m0/s1. The number of amides is 3. The van der Waals surface area contributed by atoms with Gasteiger partial charge in [0.2, 0.25) is 23.9 Å². The molecule has 6 heterocycles. The second kappa shape index (κ2) is 18.9. The SMILES string of the molecule is Cc1ncsc1-c1ccc(CNC(=O)C2CCCN2C(=O)C(NC(=O)CCCN2CCC(n3cc(-c4cnc5c(c4)O[C@@H](c4c(Cl)ccc(F)c4Cl)N5)cn3)CC2)C(C)(C)C)cc1. The molecular formula is C46H52Cl2FN9O4S. The van der Waals surface area contributed by atoms with Crippen LogP contribution in [0.5, 0.6) is 5.75 Å². The lowest BCUT2D eigenvalue weighted by Crippen LogP contribution is -2.57. The maximum atomic E-state index is 14.2. The number of nitrogens with zero attached hydrogens (tertiary/aromatic N) is 6. The van der Waals surface area contributed by atoms with Gasteiger partial charge in [-0.15, -0.1) is 11.3 Å². The predicted molar refractivity (Wildman–Crippen MR) is 243 cm³/mol. The van der Waals surface area contributed by atoms with Crippen LogP contribution in [0.3, 0.4) is 0 Å². The molecule has 3 atom stereocenters. The number of hydrogen-bond acceptors (Lipinski definition) is 10. The van der Waals surface area contributed by atoms with Crippen molar-refractivity contribution in [1.29, 1.82) is 0 Å². The van der Waals surface area contributed by atoms with Crippen LogP contribution in [0.4, 0.5) is 10.2 Å². The van der Waals surface area contributed by atoms with E-state index in [9.17, 15) is 18.8 Å². The largest absolute Gasteiger partial charge is 0.462 e. The molecule has 0 aliphatic carbocycles. The van der Waals surface area contributed by atoms with Crippen molar-refractivity contribution in [3.8, 4) is 27.3 Å². The summed E-state index contributed by atoms with van der Waals surface area (Å²) in [4.78, 5) is 54.9. The van der Waals surface area contributed by atoms with E-state index in [1.807, 2.05) is 80.6 Å². The zero-order valence-electron chi connectivity index (χ0n) is 35.8. The Kier molecular flexibility index (Phi) is 13.4. The fraction of sp³-hybridized carbons (Fsp3) is 0.435. The number of likely N-dealkylation sites (tertiary alicyclic amines) is 2. The molecule has 332 valence electrons. The molecule has 17 heteroatoms. The first-order valence-corrected chi connectivity index (χ1v) is 23.1. The number of aromatic nitrogens is 4. The minimum atomic E-state index is -0.777. The van der Waals surface area contributed by atoms with Crippen LogP contribution in [-0.2, 0) is 20.9 Å². The number of nitrogens with one attached hydrogen (secondary N) is 3. The smallest absolute Gasteiger partial charge is 0.246 e. The van der Waals surface area contributed by atoms with Crippen molar-refractivity contribution in [2.45, 2.75) is 97.1 Å². The number of aryl methyl sites for hydroxylation is 1. The van der Waals surface area contributed by atoms with Gasteiger partial charge >= 0.3 is 0 Å². The first kappa shape index (κ1) is 44.5. The second-order valence-corrected chi connectivity index (χ2v) is 19.2. The first-order chi connectivity index (χ1) is 30.2. The van der Waals surface area contributed by atoms with Crippen molar-refractivity contribution in [2.75, 3.05) is 31.5 Å². The Morgan fingerprint density at radius 1 is 1.00 bits per heavy atom. The number of fused-ring (bicyclic) bond motifs is 1. The van der Waals surface area contributed by atoms with Gasteiger partial charge in [-0.25, -0.2) is 14.4 Å². The molecule has 63 heavy (non-hydrogen) atoms. The average molecular weight is 917 g/mol. The van der Waals surface area contributed by atoms with Gasteiger partial charge in [-0.2, -0.15) is 5.10 Å². The fourth-order valence-corrected chi connectivity index (χ4v) is 9.94. The molecular weight excluding hydrogens is 865 g/mol. The van der Waals surface area contributed by atoms with Crippen molar-refractivity contribution in [3.05, 3.63) is 99.2 Å². The highest BCUT2D eigenvalue weighted by molar-refractivity contribution is 7.13. The third-order valence-electron chi connectivity index (χ3n) is 12.1. The molecule has 3 aliphatic heterocycles. The highest BCUT2D eigenvalue weighted by Crippen LogP contribution is 2.43. The van der Waals surface area contributed by atoms with Gasteiger partial charge in [-0.1, -0.05) is 68.2 Å². The second-order valence-electron chi connectivity index (χ2n) is 17.6. The van der Waals surface area contributed by atoms with Crippen LogP contribution in [0.2, 0.25) is 10.0 Å². The molecule has 0 saturated carbocycles. The summed E-state index contributed by atoms with van der Waals surface area (Å²) in [5, 5.41) is 14.1. The molecule has 0 bridgehead atoms. The topological polar surface area (TPSA) is 147 Å². The minimum Gasteiger partial charge on any atom is -0.462 e. The lowest BCUT2D eigenvalue weighted by Gasteiger charge is -2.35. The van der Waals surface area contributed by atoms with E-state index in [1.54, 1.807) is 22.4 Å². The molecule has 2 aromatic carbocycles. The van der Waals surface area contributed by atoms with Crippen molar-refractivity contribution in [2.24, 2.45) is 5.41 Å². The number of benzene rings is 2. The molecule has 3 aliphatic rings. The number of ether oxygens (including phenoxy) is 1. The molecule has 0 radical (unpaired) electrons. The van der Waals surface area contributed by atoms with E-state index in [-0.39, 0.29) is 33.8 Å². The summed E-state index contributed by atoms with van der Waals surface area (Å²) in [5.74, 6) is -0.141. The van der Waals surface area contributed by atoms with Gasteiger partial charge in [0.25, 0.3) is 0 Å². The van der Waals surface area contributed by atoms with E-state index in [2.05, 4.69) is 35.9 Å². The number of thiazole rings is 1. The van der Waals surface area contributed by atoms with Crippen molar-refractivity contribution in [3.63, 3.8) is 0 Å². The molecule has 3 aromatic heterocycles. The van der Waals surface area contributed by atoms with Gasteiger partial charge in [0, 0.05) is 56.1 Å². The van der Waals surface area contributed by atoms with E-state index in [0.717, 1.165) is 71.7 Å². The minimum absolute atomic E-state index is 0.0999. The number of rotatable bonds is 13. The Morgan fingerprint density at radius 2 is 1.78 bits per heavy atom. The van der Waals surface area contributed by atoms with E-state index >= 15 is 0 Å². The van der Waals surface area contributed by atoms with Crippen LogP contribution in [-0.4, -0.2) is 85.5 Å². The number of pyridine rings is 1. The number of hydrogen-bond donors (Lipinski definition) is 3. The zero-order valence-corrected chi connectivity index (χ0v) is 38.1. The Bertz CT molecular complexity index is 2470. The quantitative estimate of drug-likeness (QED) is 0.0989. The van der Waals surface area contributed by atoms with Gasteiger partial charge in [-0.3, -0.25) is 19.1 Å². The average Bonchev–Trinajstić information content (AvgIpc) is 4.11. The summed E-state index contributed by atoms with van der Waals surface area (Å²) in [6, 6.07) is 11.5. The highest BCUT2D eigenvalue weighted by Gasteiger charge is 2.42. The normalized spacial score (nSPS) is 18.4. The molecule has 0 spiro atoms. The molecule has 5 aromatic rings. The lowest BCUT2D eigenvalue weighted by molar-refractivity contribution is -0.144. The summed E-state index contributed by atoms with van der Waals surface area (Å²) >= 11 is 14.2. The van der Waals surface area contributed by atoms with Gasteiger partial charge < -0.3 is 30.5 Å². The molecule has 3 N–H and O–H groups in total. The van der Waals surface area contributed by atoms with E-state index in [1.165, 1.54) is 12.1 Å². The molecule has 13 nitrogen and oxygen atoms in total. The summed E-state index contributed by atoms with van der Waals surface area (Å²) in [6.07, 6.45) is 8.87. The van der Waals surface area contributed by atoms with Gasteiger partial charge in [0.05, 0.1) is 43.9 Å². The number of halogens is 3. The Labute approximate surface area is 380 Å². The van der Waals surface area contributed by atoms with Crippen LogP contribution < -0.4 is 20.7 Å².